The van der Waals surface area contributed by atoms with Gasteiger partial charge in [-0.2, -0.15) is 0 Å². The van der Waals surface area contributed by atoms with Gasteiger partial charge in [0.15, 0.2) is 0 Å². The van der Waals surface area contributed by atoms with Gasteiger partial charge in [-0.25, -0.2) is 0 Å². The van der Waals surface area contributed by atoms with Crippen LogP contribution in [0.4, 0.5) is 0 Å². The molecule has 1 aliphatic carbocycles. The van der Waals surface area contributed by atoms with E-state index in [2.05, 4.69) is 51.3 Å². The number of rotatable bonds is 6. The van der Waals surface area contributed by atoms with Crippen molar-refractivity contribution < 1.29 is 9.47 Å². The Morgan fingerprint density at radius 1 is 0.679 bits per heavy atom. The Morgan fingerprint density at radius 3 is 1.64 bits per heavy atom. The molecule has 1 saturated carbocycles. The molecule has 3 aliphatic rings. The topological polar surface area (TPSA) is 24.9 Å². The van der Waals surface area contributed by atoms with Crippen LogP contribution in [-0.2, 0) is 9.47 Å². The number of hydrogen-bond acceptors (Lipinski definition) is 4. The summed E-state index contributed by atoms with van der Waals surface area (Å²) < 4.78 is 12.4. The molecule has 0 atom stereocenters. The van der Waals surface area contributed by atoms with E-state index in [1.807, 2.05) is 0 Å². The second kappa shape index (κ2) is 9.32. The van der Waals surface area contributed by atoms with Crippen molar-refractivity contribution in [3.63, 3.8) is 0 Å². The molecule has 0 spiro atoms. The van der Waals surface area contributed by atoms with E-state index in [0.717, 1.165) is 18.8 Å². The predicted octanol–water partition coefficient (Wildman–Crippen LogP) is 4.57. The lowest BCUT2D eigenvalue weighted by molar-refractivity contribution is -0.167. The van der Waals surface area contributed by atoms with Crippen LogP contribution in [0, 0.1) is 11.3 Å². The number of likely N-dealkylation sites (tertiary alicyclic amines) is 2. The monoisotopic (exact) mass is 394 g/mol. The second-order valence-electron chi connectivity index (χ2n) is 11.6. The summed E-state index contributed by atoms with van der Waals surface area (Å²) in [5.41, 5.74) is 0.455. The van der Waals surface area contributed by atoms with Crippen molar-refractivity contribution in [3.8, 4) is 0 Å². The van der Waals surface area contributed by atoms with Crippen molar-refractivity contribution in [1.29, 1.82) is 0 Å². The minimum atomic E-state index is -0.0248. The molecular weight excluding hydrogens is 348 g/mol. The summed E-state index contributed by atoms with van der Waals surface area (Å²) in [6.07, 6.45) is 8.64. The molecule has 164 valence electrons. The summed E-state index contributed by atoms with van der Waals surface area (Å²) in [4.78, 5) is 5.34. The van der Waals surface area contributed by atoms with Crippen molar-refractivity contribution >= 4 is 0 Å². The van der Waals surface area contributed by atoms with Crippen LogP contribution >= 0.6 is 0 Å². The van der Waals surface area contributed by atoms with Crippen molar-refractivity contribution in [2.24, 2.45) is 11.3 Å². The van der Waals surface area contributed by atoms with Crippen LogP contribution in [0.3, 0.4) is 0 Å². The van der Waals surface area contributed by atoms with Gasteiger partial charge in [0.05, 0.1) is 23.9 Å². The first-order valence-corrected chi connectivity index (χ1v) is 11.9. The molecule has 2 heterocycles. The van der Waals surface area contributed by atoms with Gasteiger partial charge in [0.25, 0.3) is 0 Å². The fraction of sp³-hybridized carbons (Fsp3) is 1.00. The number of hydrogen-bond donors (Lipinski definition) is 0. The van der Waals surface area contributed by atoms with Crippen LogP contribution < -0.4 is 0 Å². The third kappa shape index (κ3) is 6.97. The summed E-state index contributed by atoms with van der Waals surface area (Å²) in [5, 5.41) is 0. The zero-order valence-corrected chi connectivity index (χ0v) is 19.5. The van der Waals surface area contributed by atoms with Crippen molar-refractivity contribution in [2.75, 3.05) is 39.3 Å². The summed E-state index contributed by atoms with van der Waals surface area (Å²) >= 11 is 0. The molecule has 0 amide bonds. The zero-order valence-electron chi connectivity index (χ0n) is 19.5. The molecule has 2 saturated heterocycles. The van der Waals surface area contributed by atoms with Gasteiger partial charge in [-0.3, -0.25) is 0 Å². The molecule has 4 heteroatoms. The van der Waals surface area contributed by atoms with E-state index in [-0.39, 0.29) is 5.60 Å². The third-order valence-corrected chi connectivity index (χ3v) is 7.04. The van der Waals surface area contributed by atoms with Crippen LogP contribution in [0.25, 0.3) is 0 Å². The molecule has 0 unspecified atom stereocenters. The van der Waals surface area contributed by atoms with Gasteiger partial charge in [-0.15, -0.1) is 0 Å². The predicted molar refractivity (Wildman–Crippen MR) is 117 cm³/mol. The molecular formula is C24H46N2O2. The van der Waals surface area contributed by atoms with E-state index in [9.17, 15) is 0 Å². The van der Waals surface area contributed by atoms with Crippen LogP contribution in [0.2, 0.25) is 0 Å². The van der Waals surface area contributed by atoms with E-state index in [1.165, 1.54) is 65.0 Å². The van der Waals surface area contributed by atoms with Crippen molar-refractivity contribution in [2.45, 2.75) is 104 Å². The number of ether oxygens (including phenoxy) is 2. The minimum absolute atomic E-state index is 0.0248. The molecule has 2 aliphatic heterocycles. The van der Waals surface area contributed by atoms with Gasteiger partial charge in [0, 0.05) is 26.2 Å². The standard InChI is InChI=1S/C24H46N2O2/c1-23(2,3)19-7-11-25(12-8-19)15-16-26-13-9-20(10-14-26)27-21-17-22(18-21)28-24(4,5)6/h19-22H,7-18H2,1-6H3. The Bertz CT molecular complexity index is 460. The van der Waals surface area contributed by atoms with Crippen molar-refractivity contribution in [1.82, 2.24) is 9.80 Å². The Morgan fingerprint density at radius 2 is 1.18 bits per heavy atom. The fourth-order valence-electron chi connectivity index (χ4n) is 5.07. The molecule has 28 heavy (non-hydrogen) atoms. The average Bonchev–Trinajstić information content (AvgIpc) is 2.58. The largest absolute Gasteiger partial charge is 0.375 e. The molecule has 0 N–H and O–H groups in total. The molecule has 4 nitrogen and oxygen atoms in total. The van der Waals surface area contributed by atoms with Crippen LogP contribution in [-0.4, -0.2) is 73.0 Å². The van der Waals surface area contributed by atoms with Crippen LogP contribution in [0.1, 0.15) is 80.1 Å². The van der Waals surface area contributed by atoms with Gasteiger partial charge in [0.2, 0.25) is 0 Å². The Balaban J connectivity index is 1.25. The lowest BCUT2D eigenvalue weighted by Gasteiger charge is -2.42. The van der Waals surface area contributed by atoms with Gasteiger partial charge in [-0.1, -0.05) is 20.8 Å². The van der Waals surface area contributed by atoms with E-state index in [4.69, 9.17) is 9.47 Å². The lowest BCUT2D eigenvalue weighted by Crippen LogP contribution is -2.47. The highest BCUT2D eigenvalue weighted by atomic mass is 16.5. The third-order valence-electron chi connectivity index (χ3n) is 7.04. The van der Waals surface area contributed by atoms with E-state index in [0.29, 0.717) is 23.7 Å². The van der Waals surface area contributed by atoms with E-state index in [1.54, 1.807) is 0 Å². The second-order valence-corrected chi connectivity index (χ2v) is 11.6. The molecule has 3 fully saturated rings. The highest BCUT2D eigenvalue weighted by Gasteiger charge is 2.36. The van der Waals surface area contributed by atoms with Gasteiger partial charge >= 0.3 is 0 Å². The molecule has 0 aromatic rings. The molecule has 0 radical (unpaired) electrons. The zero-order chi connectivity index (χ0) is 20.4. The van der Waals surface area contributed by atoms with Crippen LogP contribution in [0.15, 0.2) is 0 Å². The van der Waals surface area contributed by atoms with Crippen molar-refractivity contribution in [3.05, 3.63) is 0 Å². The highest BCUT2D eigenvalue weighted by Crippen LogP contribution is 2.34. The Labute approximate surface area is 174 Å². The first kappa shape index (κ1) is 22.5. The molecule has 0 aromatic heterocycles. The maximum absolute atomic E-state index is 6.34. The Kier molecular flexibility index (Phi) is 7.50. The van der Waals surface area contributed by atoms with Gasteiger partial charge < -0.3 is 19.3 Å². The van der Waals surface area contributed by atoms with Gasteiger partial charge in [-0.05, 0) is 83.7 Å². The van der Waals surface area contributed by atoms with E-state index >= 15 is 0 Å². The quantitative estimate of drug-likeness (QED) is 0.659. The van der Waals surface area contributed by atoms with E-state index < -0.39 is 0 Å². The molecule has 0 bridgehead atoms. The first-order valence-electron chi connectivity index (χ1n) is 11.9. The summed E-state index contributed by atoms with van der Waals surface area (Å²) in [6, 6.07) is 0. The Hall–Kier alpha value is -0.160. The summed E-state index contributed by atoms with van der Waals surface area (Å²) in [6.45, 7) is 21.1. The fourth-order valence-corrected chi connectivity index (χ4v) is 5.07. The molecule has 3 rings (SSSR count). The first-order chi connectivity index (χ1) is 13.1. The van der Waals surface area contributed by atoms with Gasteiger partial charge in [0.1, 0.15) is 0 Å². The summed E-state index contributed by atoms with van der Waals surface area (Å²) in [7, 11) is 0. The van der Waals surface area contributed by atoms with Crippen LogP contribution in [0.5, 0.6) is 0 Å². The molecule has 0 aromatic carbocycles. The average molecular weight is 395 g/mol. The normalized spacial score (nSPS) is 29.8. The number of piperidine rings is 2. The highest BCUT2D eigenvalue weighted by molar-refractivity contribution is 4.86. The maximum Gasteiger partial charge on any atom is 0.0631 e. The lowest BCUT2D eigenvalue weighted by atomic mass is 9.75. The summed E-state index contributed by atoms with van der Waals surface area (Å²) in [5.74, 6) is 0.900. The minimum Gasteiger partial charge on any atom is -0.375 e. The maximum atomic E-state index is 6.34. The number of nitrogens with zero attached hydrogens (tertiary/aromatic N) is 2. The smallest absolute Gasteiger partial charge is 0.0631 e. The SMILES string of the molecule is CC(C)(C)OC1CC(OC2CCN(CCN3CCC(C(C)(C)C)CC3)CC2)C1.